The highest BCUT2D eigenvalue weighted by atomic mass is 16.5. The maximum absolute atomic E-state index is 10.6. The van der Waals surface area contributed by atoms with Gasteiger partial charge in [-0.1, -0.05) is 6.92 Å². The Morgan fingerprint density at radius 3 is 2.40 bits per heavy atom. The molecule has 0 bridgehead atoms. The summed E-state index contributed by atoms with van der Waals surface area (Å²) in [5, 5.41) is 8.75. The third kappa shape index (κ3) is 7.33. The molecule has 0 rings (SSSR count). The van der Waals surface area contributed by atoms with Crippen LogP contribution in [-0.4, -0.2) is 47.8 Å². The molecule has 0 aromatic carbocycles. The molecule has 0 spiro atoms. The quantitative estimate of drug-likeness (QED) is 0.671. The predicted molar refractivity (Wildman–Crippen MR) is 60.0 cm³/mol. The van der Waals surface area contributed by atoms with Gasteiger partial charge in [0.25, 0.3) is 0 Å². The summed E-state index contributed by atoms with van der Waals surface area (Å²) in [6.07, 6.45) is 1.16. The van der Waals surface area contributed by atoms with Gasteiger partial charge in [0.1, 0.15) is 0 Å². The summed E-state index contributed by atoms with van der Waals surface area (Å²) in [5.41, 5.74) is 0. The number of carboxylic acids is 1. The Morgan fingerprint density at radius 2 is 2.00 bits per heavy atom. The Hall–Kier alpha value is -0.610. The predicted octanol–water partition coefficient (Wildman–Crippen LogP) is 1.60. The normalized spacial score (nSPS) is 13.5. The lowest BCUT2D eigenvalue weighted by Crippen LogP contribution is -2.39. The fourth-order valence-corrected chi connectivity index (χ4v) is 1.29. The van der Waals surface area contributed by atoms with E-state index in [2.05, 4.69) is 6.92 Å². The third-order valence-corrected chi connectivity index (χ3v) is 2.38. The van der Waals surface area contributed by atoms with Gasteiger partial charge in [0, 0.05) is 12.6 Å². The first kappa shape index (κ1) is 14.4. The van der Waals surface area contributed by atoms with E-state index in [-0.39, 0.29) is 18.7 Å². The molecular formula is C11H23NO3. The van der Waals surface area contributed by atoms with Crippen LogP contribution in [0.4, 0.5) is 0 Å². The summed E-state index contributed by atoms with van der Waals surface area (Å²) in [5.74, 6) is -0.778. The molecule has 0 aliphatic carbocycles. The van der Waals surface area contributed by atoms with Gasteiger partial charge in [0.15, 0.2) is 0 Å². The van der Waals surface area contributed by atoms with Crippen molar-refractivity contribution in [2.45, 2.75) is 46.3 Å². The van der Waals surface area contributed by atoms with E-state index in [1.54, 1.807) is 0 Å². The van der Waals surface area contributed by atoms with Gasteiger partial charge in [-0.15, -0.1) is 0 Å². The van der Waals surface area contributed by atoms with Crippen LogP contribution >= 0.6 is 0 Å². The highest BCUT2D eigenvalue weighted by molar-refractivity contribution is 5.69. The number of hydrogen-bond donors (Lipinski definition) is 1. The number of carboxylic acid groups (broad SMARTS) is 1. The maximum atomic E-state index is 10.6. The van der Waals surface area contributed by atoms with Crippen LogP contribution in [0.15, 0.2) is 0 Å². The minimum absolute atomic E-state index is 0.0937. The summed E-state index contributed by atoms with van der Waals surface area (Å²) in [4.78, 5) is 12.6. The summed E-state index contributed by atoms with van der Waals surface area (Å²) >= 11 is 0. The molecule has 4 heteroatoms. The van der Waals surface area contributed by atoms with Crippen LogP contribution in [0.2, 0.25) is 0 Å². The highest BCUT2D eigenvalue weighted by Crippen LogP contribution is 2.03. The van der Waals surface area contributed by atoms with Crippen LogP contribution < -0.4 is 0 Å². The number of aliphatic carboxylic acids is 1. The fraction of sp³-hybridized carbons (Fsp3) is 0.909. The number of nitrogens with zero attached hydrogens (tertiary/aromatic N) is 1. The highest BCUT2D eigenvalue weighted by Gasteiger charge is 2.15. The van der Waals surface area contributed by atoms with Crippen molar-refractivity contribution in [2.24, 2.45) is 0 Å². The van der Waals surface area contributed by atoms with Gasteiger partial charge >= 0.3 is 5.97 Å². The molecule has 4 nitrogen and oxygen atoms in total. The molecule has 0 amide bonds. The van der Waals surface area contributed by atoms with Crippen LogP contribution in [0, 0.1) is 0 Å². The van der Waals surface area contributed by atoms with Crippen molar-refractivity contribution in [3.63, 3.8) is 0 Å². The molecule has 0 aliphatic rings. The molecule has 0 saturated carbocycles. The Labute approximate surface area is 92.2 Å². The van der Waals surface area contributed by atoms with E-state index in [4.69, 9.17) is 9.84 Å². The molecule has 1 unspecified atom stereocenters. The molecule has 0 radical (unpaired) electrons. The number of carbonyl (C=O) groups is 1. The number of hydrogen-bond acceptors (Lipinski definition) is 3. The van der Waals surface area contributed by atoms with Gasteiger partial charge in [-0.2, -0.15) is 0 Å². The molecule has 0 aliphatic heterocycles. The van der Waals surface area contributed by atoms with Crippen LogP contribution in [0.3, 0.4) is 0 Å². The first-order valence-corrected chi connectivity index (χ1v) is 5.54. The molecule has 1 atom stereocenters. The summed E-state index contributed by atoms with van der Waals surface area (Å²) < 4.78 is 5.41. The van der Waals surface area contributed by atoms with E-state index >= 15 is 0 Å². The lowest BCUT2D eigenvalue weighted by Gasteiger charge is -2.26. The van der Waals surface area contributed by atoms with E-state index in [9.17, 15) is 4.79 Å². The lowest BCUT2D eigenvalue weighted by molar-refractivity contribution is -0.139. The Morgan fingerprint density at radius 1 is 1.40 bits per heavy atom. The first-order valence-electron chi connectivity index (χ1n) is 5.54. The largest absolute Gasteiger partial charge is 0.480 e. The topological polar surface area (TPSA) is 49.8 Å². The van der Waals surface area contributed by atoms with Crippen molar-refractivity contribution < 1.29 is 14.6 Å². The van der Waals surface area contributed by atoms with Crippen molar-refractivity contribution >= 4 is 5.97 Å². The third-order valence-electron chi connectivity index (χ3n) is 2.38. The van der Waals surface area contributed by atoms with E-state index in [0.717, 1.165) is 6.42 Å². The number of ether oxygens (including phenoxy) is 1. The molecule has 0 fully saturated rings. The van der Waals surface area contributed by atoms with E-state index < -0.39 is 5.97 Å². The summed E-state index contributed by atoms with van der Waals surface area (Å²) in [7, 11) is 0. The lowest BCUT2D eigenvalue weighted by atomic mass is 10.2. The SMILES string of the molecule is CCC(C)N(CCOC(C)C)CC(=O)O. The minimum Gasteiger partial charge on any atom is -0.480 e. The summed E-state index contributed by atoms with van der Waals surface area (Å²) in [6.45, 7) is 9.42. The van der Waals surface area contributed by atoms with Gasteiger partial charge in [0.05, 0.1) is 19.3 Å². The summed E-state index contributed by atoms with van der Waals surface area (Å²) in [6, 6.07) is 0.289. The molecule has 90 valence electrons. The van der Waals surface area contributed by atoms with Gasteiger partial charge in [0.2, 0.25) is 0 Å². The smallest absolute Gasteiger partial charge is 0.317 e. The minimum atomic E-state index is -0.778. The Balaban J connectivity index is 3.95. The molecule has 0 heterocycles. The van der Waals surface area contributed by atoms with Crippen molar-refractivity contribution in [3.8, 4) is 0 Å². The Bertz CT molecular complexity index is 183. The van der Waals surface area contributed by atoms with Crippen LogP contribution in [0.5, 0.6) is 0 Å². The zero-order chi connectivity index (χ0) is 11.8. The average Bonchev–Trinajstić information content (AvgIpc) is 2.14. The molecule has 0 aromatic heterocycles. The zero-order valence-electron chi connectivity index (χ0n) is 10.2. The molecule has 0 aromatic rings. The Kier molecular flexibility index (Phi) is 7.34. The molecular weight excluding hydrogens is 194 g/mol. The second-order valence-electron chi connectivity index (χ2n) is 4.04. The van der Waals surface area contributed by atoms with E-state index in [1.807, 2.05) is 25.7 Å². The van der Waals surface area contributed by atoms with Crippen molar-refractivity contribution in [3.05, 3.63) is 0 Å². The number of rotatable bonds is 8. The molecule has 1 N–H and O–H groups in total. The maximum Gasteiger partial charge on any atom is 0.317 e. The zero-order valence-corrected chi connectivity index (χ0v) is 10.2. The van der Waals surface area contributed by atoms with Crippen LogP contribution in [-0.2, 0) is 9.53 Å². The van der Waals surface area contributed by atoms with Crippen LogP contribution in [0.1, 0.15) is 34.1 Å². The van der Waals surface area contributed by atoms with Gasteiger partial charge in [-0.3, -0.25) is 9.69 Å². The van der Waals surface area contributed by atoms with Crippen molar-refractivity contribution in [2.75, 3.05) is 19.7 Å². The monoisotopic (exact) mass is 217 g/mol. The second-order valence-corrected chi connectivity index (χ2v) is 4.04. The van der Waals surface area contributed by atoms with Crippen molar-refractivity contribution in [1.82, 2.24) is 4.90 Å². The molecule has 0 saturated heterocycles. The average molecular weight is 217 g/mol. The van der Waals surface area contributed by atoms with Crippen molar-refractivity contribution in [1.29, 1.82) is 0 Å². The van der Waals surface area contributed by atoms with E-state index in [0.29, 0.717) is 13.2 Å². The van der Waals surface area contributed by atoms with Gasteiger partial charge < -0.3 is 9.84 Å². The molecule has 15 heavy (non-hydrogen) atoms. The standard InChI is InChI=1S/C11H23NO3/c1-5-10(4)12(8-11(13)14)6-7-15-9(2)3/h9-10H,5-8H2,1-4H3,(H,13,14). The first-order chi connectivity index (χ1) is 6.97. The van der Waals surface area contributed by atoms with Gasteiger partial charge in [-0.05, 0) is 27.2 Å². The van der Waals surface area contributed by atoms with Gasteiger partial charge in [-0.25, -0.2) is 0 Å². The second kappa shape index (κ2) is 7.65. The van der Waals surface area contributed by atoms with Crippen LogP contribution in [0.25, 0.3) is 0 Å². The van der Waals surface area contributed by atoms with E-state index in [1.165, 1.54) is 0 Å². The fourth-order valence-electron chi connectivity index (χ4n) is 1.29.